The maximum absolute atomic E-state index is 12.9. The van der Waals surface area contributed by atoms with Crippen LogP contribution in [0.25, 0.3) is 6.08 Å². The first-order valence-corrected chi connectivity index (χ1v) is 6.32. The fourth-order valence-electron chi connectivity index (χ4n) is 1.34. The first kappa shape index (κ1) is 14.4. The number of carbonyl (C=O) groups is 2. The number of thioether (sulfide) groups is 1. The van der Waals surface area contributed by atoms with Crippen LogP contribution in [0.2, 0.25) is 0 Å². The zero-order chi connectivity index (χ0) is 13.5. The summed E-state index contributed by atoms with van der Waals surface area (Å²) in [6, 6.07) is 3.64. The quantitative estimate of drug-likeness (QED) is 0.833. The van der Waals surface area contributed by atoms with Gasteiger partial charge in [-0.3, -0.25) is 4.79 Å². The van der Waals surface area contributed by atoms with E-state index in [1.807, 2.05) is 0 Å². The lowest BCUT2D eigenvalue weighted by molar-refractivity contribution is -0.109. The van der Waals surface area contributed by atoms with Crippen molar-refractivity contribution in [2.75, 3.05) is 5.75 Å². The number of hydrogen-bond donors (Lipinski definition) is 1. The molecule has 0 bridgehead atoms. The van der Waals surface area contributed by atoms with E-state index in [-0.39, 0.29) is 10.7 Å². The van der Waals surface area contributed by atoms with E-state index in [1.165, 1.54) is 30.8 Å². The maximum Gasteiger partial charge on any atom is 0.336 e. The van der Waals surface area contributed by atoms with Crippen molar-refractivity contribution in [1.82, 2.24) is 0 Å². The van der Waals surface area contributed by atoms with E-state index in [1.54, 1.807) is 12.2 Å². The zero-order valence-electron chi connectivity index (χ0n) is 9.85. The van der Waals surface area contributed by atoms with Gasteiger partial charge in [-0.15, -0.1) is 0 Å². The van der Waals surface area contributed by atoms with Gasteiger partial charge in [0.1, 0.15) is 5.82 Å². The Bertz CT molecular complexity index is 483. The van der Waals surface area contributed by atoms with E-state index in [0.29, 0.717) is 17.7 Å². The molecule has 1 N–H and O–H groups in total. The van der Waals surface area contributed by atoms with Crippen molar-refractivity contribution in [2.45, 2.75) is 13.3 Å². The smallest absolute Gasteiger partial charge is 0.336 e. The lowest BCUT2D eigenvalue weighted by Gasteiger charge is -2.01. The SMILES string of the molecule is CC(=O)SCCC=Cc1ccc(F)cc1C(=O)O. The number of carboxylic acids is 1. The summed E-state index contributed by atoms with van der Waals surface area (Å²) in [4.78, 5) is 21.6. The number of halogens is 1. The highest BCUT2D eigenvalue weighted by atomic mass is 32.2. The summed E-state index contributed by atoms with van der Waals surface area (Å²) in [6.45, 7) is 1.50. The molecule has 5 heteroatoms. The van der Waals surface area contributed by atoms with Crippen LogP contribution >= 0.6 is 11.8 Å². The van der Waals surface area contributed by atoms with E-state index in [2.05, 4.69) is 0 Å². The van der Waals surface area contributed by atoms with Gasteiger partial charge < -0.3 is 5.11 Å². The molecule has 0 aliphatic heterocycles. The highest BCUT2D eigenvalue weighted by molar-refractivity contribution is 8.13. The molecule has 0 atom stereocenters. The van der Waals surface area contributed by atoms with Gasteiger partial charge in [0, 0.05) is 12.7 Å². The number of carbonyl (C=O) groups excluding carboxylic acids is 1. The van der Waals surface area contributed by atoms with E-state index >= 15 is 0 Å². The molecule has 0 heterocycles. The molecule has 0 saturated heterocycles. The highest BCUT2D eigenvalue weighted by Gasteiger charge is 2.08. The molecule has 1 aromatic carbocycles. The maximum atomic E-state index is 12.9. The molecule has 0 unspecified atom stereocenters. The van der Waals surface area contributed by atoms with Gasteiger partial charge in [0.2, 0.25) is 0 Å². The second kappa shape index (κ2) is 6.96. The van der Waals surface area contributed by atoms with E-state index < -0.39 is 11.8 Å². The molecule has 96 valence electrons. The van der Waals surface area contributed by atoms with Crippen molar-refractivity contribution < 1.29 is 19.1 Å². The van der Waals surface area contributed by atoms with Crippen LogP contribution in [-0.2, 0) is 4.79 Å². The van der Waals surface area contributed by atoms with Gasteiger partial charge in [-0.1, -0.05) is 30.0 Å². The molecule has 18 heavy (non-hydrogen) atoms. The average Bonchev–Trinajstić information content (AvgIpc) is 2.29. The Morgan fingerprint density at radius 3 is 2.78 bits per heavy atom. The Morgan fingerprint density at radius 2 is 2.17 bits per heavy atom. The summed E-state index contributed by atoms with van der Waals surface area (Å²) < 4.78 is 12.9. The van der Waals surface area contributed by atoms with Crippen LogP contribution in [0.1, 0.15) is 29.3 Å². The minimum Gasteiger partial charge on any atom is -0.478 e. The summed E-state index contributed by atoms with van der Waals surface area (Å²) in [6.07, 6.45) is 4.06. The molecule has 0 spiro atoms. The summed E-state index contributed by atoms with van der Waals surface area (Å²) in [5.74, 6) is -1.08. The molecule has 0 amide bonds. The third-order valence-electron chi connectivity index (χ3n) is 2.13. The molecule has 3 nitrogen and oxygen atoms in total. The third kappa shape index (κ3) is 4.71. The van der Waals surface area contributed by atoms with Crippen LogP contribution in [0.5, 0.6) is 0 Å². The molecule has 0 radical (unpaired) electrons. The topological polar surface area (TPSA) is 54.4 Å². The largest absolute Gasteiger partial charge is 0.478 e. The number of aromatic carboxylic acids is 1. The zero-order valence-corrected chi connectivity index (χ0v) is 10.7. The molecule has 0 saturated carbocycles. The number of hydrogen-bond acceptors (Lipinski definition) is 3. The van der Waals surface area contributed by atoms with Gasteiger partial charge in [-0.05, 0) is 24.1 Å². The molecule has 0 fully saturated rings. The second-order valence-corrected chi connectivity index (χ2v) is 4.84. The Kier molecular flexibility index (Phi) is 5.58. The van der Waals surface area contributed by atoms with Gasteiger partial charge in [0.05, 0.1) is 5.56 Å². The van der Waals surface area contributed by atoms with Crippen molar-refractivity contribution in [3.63, 3.8) is 0 Å². The molecular weight excluding hydrogens is 255 g/mol. The number of allylic oxidation sites excluding steroid dienone is 1. The summed E-state index contributed by atoms with van der Waals surface area (Å²) in [5, 5.41) is 8.97. The Morgan fingerprint density at radius 1 is 1.44 bits per heavy atom. The fourth-order valence-corrected chi connectivity index (χ4v) is 1.88. The van der Waals surface area contributed by atoms with Crippen LogP contribution in [0, 0.1) is 5.82 Å². The van der Waals surface area contributed by atoms with Gasteiger partial charge in [-0.25, -0.2) is 9.18 Å². The summed E-state index contributed by atoms with van der Waals surface area (Å²) in [7, 11) is 0. The summed E-state index contributed by atoms with van der Waals surface area (Å²) >= 11 is 1.21. The van der Waals surface area contributed by atoms with E-state index in [9.17, 15) is 14.0 Å². The monoisotopic (exact) mass is 268 g/mol. The molecule has 0 aliphatic rings. The number of carboxylic acid groups (broad SMARTS) is 1. The van der Waals surface area contributed by atoms with E-state index in [4.69, 9.17) is 5.11 Å². The van der Waals surface area contributed by atoms with Crippen molar-refractivity contribution in [3.05, 3.63) is 41.2 Å². The van der Waals surface area contributed by atoms with Gasteiger partial charge in [-0.2, -0.15) is 0 Å². The predicted molar refractivity (Wildman–Crippen MR) is 70.1 cm³/mol. The fraction of sp³-hybridized carbons (Fsp3) is 0.231. The van der Waals surface area contributed by atoms with Crippen LogP contribution in [-0.4, -0.2) is 21.9 Å². The molecule has 1 rings (SSSR count). The number of rotatable bonds is 5. The molecular formula is C13H13FO3S. The second-order valence-electron chi connectivity index (χ2n) is 3.57. The number of benzene rings is 1. The van der Waals surface area contributed by atoms with Crippen LogP contribution in [0.15, 0.2) is 24.3 Å². The Hall–Kier alpha value is -1.62. The molecule has 1 aromatic rings. The lowest BCUT2D eigenvalue weighted by Crippen LogP contribution is -2.00. The van der Waals surface area contributed by atoms with Crippen LogP contribution in [0.3, 0.4) is 0 Å². The average molecular weight is 268 g/mol. The van der Waals surface area contributed by atoms with Crippen LogP contribution < -0.4 is 0 Å². The minimum atomic E-state index is -1.16. The minimum absolute atomic E-state index is 0.0522. The normalized spacial score (nSPS) is 10.8. The van der Waals surface area contributed by atoms with E-state index in [0.717, 1.165) is 6.07 Å². The summed E-state index contributed by atoms with van der Waals surface area (Å²) in [5.41, 5.74) is 0.391. The third-order valence-corrected chi connectivity index (χ3v) is 2.98. The predicted octanol–water partition coefficient (Wildman–Crippen LogP) is 3.21. The van der Waals surface area contributed by atoms with Gasteiger partial charge in [0.25, 0.3) is 0 Å². The Labute approximate surface area is 109 Å². The van der Waals surface area contributed by atoms with Crippen molar-refractivity contribution in [1.29, 1.82) is 0 Å². The first-order valence-electron chi connectivity index (χ1n) is 5.33. The standard InChI is InChI=1S/C13H13FO3S/c1-9(15)18-7-3-2-4-10-5-6-11(14)8-12(10)13(16)17/h2,4-6,8H,3,7H2,1H3,(H,16,17). The molecule has 0 aromatic heterocycles. The highest BCUT2D eigenvalue weighted by Crippen LogP contribution is 2.14. The van der Waals surface area contributed by atoms with Crippen LogP contribution in [0.4, 0.5) is 4.39 Å². The molecule has 0 aliphatic carbocycles. The van der Waals surface area contributed by atoms with Crippen molar-refractivity contribution >= 4 is 28.9 Å². The van der Waals surface area contributed by atoms with Gasteiger partial charge >= 0.3 is 5.97 Å². The van der Waals surface area contributed by atoms with Crippen molar-refractivity contribution in [2.24, 2.45) is 0 Å². The van der Waals surface area contributed by atoms with Crippen molar-refractivity contribution in [3.8, 4) is 0 Å². The first-order chi connectivity index (χ1) is 8.50. The van der Waals surface area contributed by atoms with Gasteiger partial charge in [0.15, 0.2) is 5.12 Å². The Balaban J connectivity index is 2.69. The lowest BCUT2D eigenvalue weighted by atomic mass is 10.1.